The van der Waals surface area contributed by atoms with Crippen LogP contribution in [0.3, 0.4) is 0 Å². The maximum atomic E-state index is 12.9. The van der Waals surface area contributed by atoms with Gasteiger partial charge in [-0.05, 0) is 49.4 Å². The number of nitrogens with two attached hydrogens (primary N) is 1. The van der Waals surface area contributed by atoms with Crippen molar-refractivity contribution in [3.63, 3.8) is 0 Å². The summed E-state index contributed by atoms with van der Waals surface area (Å²) in [6.07, 6.45) is 5.42. The zero-order chi connectivity index (χ0) is 18.7. The number of hydrogen-bond donors (Lipinski definition) is 1. The predicted molar refractivity (Wildman–Crippen MR) is 106 cm³/mol. The van der Waals surface area contributed by atoms with Crippen molar-refractivity contribution in [2.24, 2.45) is 11.7 Å². The minimum absolute atomic E-state index is 0.0624. The van der Waals surface area contributed by atoms with Gasteiger partial charge < -0.3 is 15.5 Å². The van der Waals surface area contributed by atoms with E-state index >= 15 is 0 Å². The van der Waals surface area contributed by atoms with Gasteiger partial charge in [0.05, 0.1) is 5.56 Å². The van der Waals surface area contributed by atoms with Crippen molar-refractivity contribution in [2.75, 3.05) is 32.1 Å². The Morgan fingerprint density at radius 1 is 1.15 bits per heavy atom. The van der Waals surface area contributed by atoms with E-state index < -0.39 is 0 Å². The first-order chi connectivity index (χ1) is 12.5. The molecule has 1 aliphatic heterocycles. The number of likely N-dealkylation sites (tertiary alicyclic amines) is 1. The van der Waals surface area contributed by atoms with Crippen LogP contribution in [0.4, 0.5) is 5.69 Å². The predicted octanol–water partition coefficient (Wildman–Crippen LogP) is 3.01. The van der Waals surface area contributed by atoms with Crippen LogP contribution in [0.15, 0.2) is 42.7 Å². The summed E-state index contributed by atoms with van der Waals surface area (Å²) in [7, 11) is 4.04. The summed E-state index contributed by atoms with van der Waals surface area (Å²) in [6.45, 7) is 3.59. The highest BCUT2D eigenvalue weighted by Crippen LogP contribution is 2.25. The van der Waals surface area contributed by atoms with E-state index in [-0.39, 0.29) is 11.9 Å². The summed E-state index contributed by atoms with van der Waals surface area (Å²) in [5.74, 6) is 0.575. The molecule has 0 radical (unpaired) electrons. The van der Waals surface area contributed by atoms with E-state index in [1.54, 1.807) is 6.20 Å². The SMILES string of the molecule is CC(N)C1CCN(C(=O)c2cncc(-c3ccc(N(C)C)cc3)c2)CC1. The van der Waals surface area contributed by atoms with Crippen molar-refractivity contribution in [1.82, 2.24) is 9.88 Å². The first-order valence-electron chi connectivity index (χ1n) is 9.23. The van der Waals surface area contributed by atoms with Crippen LogP contribution < -0.4 is 10.6 Å². The van der Waals surface area contributed by atoms with Crippen LogP contribution in [0.25, 0.3) is 11.1 Å². The van der Waals surface area contributed by atoms with Crippen LogP contribution in [0.1, 0.15) is 30.1 Å². The second-order valence-corrected chi connectivity index (χ2v) is 7.39. The lowest BCUT2D eigenvalue weighted by atomic mass is 9.90. The standard InChI is InChI=1S/C21H28N4O/c1-15(22)16-8-10-25(11-9-16)21(26)19-12-18(13-23-14-19)17-4-6-20(7-5-17)24(2)3/h4-7,12-16H,8-11,22H2,1-3H3. The van der Waals surface area contributed by atoms with Crippen molar-refractivity contribution in [3.8, 4) is 11.1 Å². The summed E-state index contributed by atoms with van der Waals surface area (Å²) in [4.78, 5) is 21.1. The van der Waals surface area contributed by atoms with Gasteiger partial charge in [0.15, 0.2) is 0 Å². The third-order valence-electron chi connectivity index (χ3n) is 5.27. The van der Waals surface area contributed by atoms with Crippen molar-refractivity contribution in [2.45, 2.75) is 25.8 Å². The number of anilines is 1. The monoisotopic (exact) mass is 352 g/mol. The molecule has 2 N–H and O–H groups in total. The van der Waals surface area contributed by atoms with Crippen LogP contribution in [-0.2, 0) is 0 Å². The van der Waals surface area contributed by atoms with Gasteiger partial charge in [0.2, 0.25) is 0 Å². The molecule has 3 rings (SSSR count). The van der Waals surface area contributed by atoms with E-state index in [1.807, 2.05) is 31.3 Å². The molecule has 5 nitrogen and oxygen atoms in total. The van der Waals surface area contributed by atoms with Gasteiger partial charge in [-0.2, -0.15) is 0 Å². The van der Waals surface area contributed by atoms with Gasteiger partial charge in [0.25, 0.3) is 5.91 Å². The van der Waals surface area contributed by atoms with Gasteiger partial charge >= 0.3 is 0 Å². The summed E-state index contributed by atoms with van der Waals surface area (Å²) < 4.78 is 0. The molecule has 2 heterocycles. The first kappa shape index (κ1) is 18.4. The molecule has 0 saturated carbocycles. The molecule has 1 atom stereocenters. The van der Waals surface area contributed by atoms with Crippen LogP contribution in [0.2, 0.25) is 0 Å². The molecular formula is C21H28N4O. The van der Waals surface area contributed by atoms with Gasteiger partial charge in [-0.25, -0.2) is 0 Å². The van der Waals surface area contributed by atoms with Crippen molar-refractivity contribution < 1.29 is 4.79 Å². The highest BCUT2D eigenvalue weighted by atomic mass is 16.2. The van der Waals surface area contributed by atoms with Crippen molar-refractivity contribution >= 4 is 11.6 Å². The molecule has 1 fully saturated rings. The molecule has 0 spiro atoms. The molecule has 5 heteroatoms. The lowest BCUT2D eigenvalue weighted by Gasteiger charge is -2.33. The summed E-state index contributed by atoms with van der Waals surface area (Å²) in [5, 5.41) is 0. The Hall–Kier alpha value is -2.40. The Balaban J connectivity index is 1.74. The molecule has 26 heavy (non-hydrogen) atoms. The molecule has 1 amide bonds. The fourth-order valence-electron chi connectivity index (χ4n) is 3.48. The number of benzene rings is 1. The van der Waals surface area contributed by atoms with E-state index in [0.717, 1.165) is 42.7 Å². The van der Waals surface area contributed by atoms with Crippen LogP contribution in [0.5, 0.6) is 0 Å². The largest absolute Gasteiger partial charge is 0.378 e. The lowest BCUT2D eigenvalue weighted by molar-refractivity contribution is 0.0680. The zero-order valence-electron chi connectivity index (χ0n) is 15.9. The summed E-state index contributed by atoms with van der Waals surface area (Å²) >= 11 is 0. The molecule has 2 aromatic rings. The van der Waals surface area contributed by atoms with Crippen molar-refractivity contribution in [1.29, 1.82) is 0 Å². The fourth-order valence-corrected chi connectivity index (χ4v) is 3.48. The summed E-state index contributed by atoms with van der Waals surface area (Å²) in [6, 6.07) is 10.4. The highest BCUT2D eigenvalue weighted by Gasteiger charge is 2.25. The lowest BCUT2D eigenvalue weighted by Crippen LogP contribution is -2.42. The maximum absolute atomic E-state index is 12.9. The van der Waals surface area contributed by atoms with Gasteiger partial charge in [0.1, 0.15) is 0 Å². The van der Waals surface area contributed by atoms with Gasteiger partial charge in [-0.3, -0.25) is 9.78 Å². The number of pyridine rings is 1. The molecule has 138 valence electrons. The molecule has 0 aliphatic carbocycles. The number of piperidine rings is 1. The number of amides is 1. The fraction of sp³-hybridized carbons (Fsp3) is 0.429. The Morgan fingerprint density at radius 3 is 2.38 bits per heavy atom. The quantitative estimate of drug-likeness (QED) is 0.919. The zero-order valence-corrected chi connectivity index (χ0v) is 15.9. The normalized spacial score (nSPS) is 16.4. The molecule has 0 bridgehead atoms. The number of carbonyl (C=O) groups is 1. The van der Waals surface area contributed by atoms with Gasteiger partial charge in [-0.1, -0.05) is 12.1 Å². The smallest absolute Gasteiger partial charge is 0.255 e. The second-order valence-electron chi connectivity index (χ2n) is 7.39. The molecule has 1 saturated heterocycles. The van der Waals surface area contributed by atoms with Crippen LogP contribution in [-0.4, -0.2) is 49.0 Å². The number of hydrogen-bond acceptors (Lipinski definition) is 4. The molecule has 1 unspecified atom stereocenters. The summed E-state index contributed by atoms with van der Waals surface area (Å²) in [5.41, 5.74) is 9.82. The van der Waals surface area contributed by atoms with Crippen molar-refractivity contribution in [3.05, 3.63) is 48.3 Å². The molecule has 1 aromatic carbocycles. The average Bonchev–Trinajstić information content (AvgIpc) is 2.67. The topological polar surface area (TPSA) is 62.5 Å². The minimum Gasteiger partial charge on any atom is -0.378 e. The highest BCUT2D eigenvalue weighted by molar-refractivity contribution is 5.95. The number of nitrogens with zero attached hydrogens (tertiary/aromatic N) is 3. The van der Waals surface area contributed by atoms with E-state index in [0.29, 0.717) is 11.5 Å². The Kier molecular flexibility index (Phi) is 5.57. The van der Waals surface area contributed by atoms with Crippen LogP contribution >= 0.6 is 0 Å². The average molecular weight is 352 g/mol. The molecule has 1 aliphatic rings. The second kappa shape index (κ2) is 7.87. The first-order valence-corrected chi connectivity index (χ1v) is 9.23. The molecular weight excluding hydrogens is 324 g/mol. The third-order valence-corrected chi connectivity index (χ3v) is 5.27. The Labute approximate surface area is 155 Å². The van der Waals surface area contributed by atoms with E-state index in [9.17, 15) is 4.79 Å². The minimum atomic E-state index is 0.0624. The maximum Gasteiger partial charge on any atom is 0.255 e. The van der Waals surface area contributed by atoms with Crippen LogP contribution in [0, 0.1) is 5.92 Å². The van der Waals surface area contributed by atoms with Gasteiger partial charge in [0, 0.05) is 56.9 Å². The number of carbonyl (C=O) groups excluding carboxylic acids is 1. The van der Waals surface area contributed by atoms with E-state index in [2.05, 4.69) is 41.1 Å². The van der Waals surface area contributed by atoms with E-state index in [1.165, 1.54) is 0 Å². The molecule has 1 aromatic heterocycles. The van der Waals surface area contributed by atoms with Gasteiger partial charge in [-0.15, -0.1) is 0 Å². The number of aromatic nitrogens is 1. The Morgan fingerprint density at radius 2 is 1.81 bits per heavy atom. The third kappa shape index (κ3) is 4.05. The van der Waals surface area contributed by atoms with E-state index in [4.69, 9.17) is 5.73 Å². The Bertz CT molecular complexity index is 747. The number of rotatable bonds is 4.